The van der Waals surface area contributed by atoms with Crippen molar-refractivity contribution in [3.63, 3.8) is 0 Å². The Kier molecular flexibility index (Phi) is 6.41. The molecule has 1 atom stereocenters. The third-order valence-electron chi connectivity index (χ3n) is 5.60. The van der Waals surface area contributed by atoms with Crippen LogP contribution >= 0.6 is 0 Å². The Morgan fingerprint density at radius 1 is 0.567 bits per heavy atom. The molecule has 4 rings (SSSR count). The molecule has 0 amide bonds. The lowest BCUT2D eigenvalue weighted by Crippen LogP contribution is -2.36. The molecule has 0 spiro atoms. The molecular formula is C29H28O. The lowest BCUT2D eigenvalue weighted by atomic mass is 9.80. The Labute approximate surface area is 180 Å². The van der Waals surface area contributed by atoms with E-state index >= 15 is 0 Å². The second-order valence-electron chi connectivity index (χ2n) is 7.73. The Hall–Kier alpha value is -3.16. The minimum atomic E-state index is -0.653. The van der Waals surface area contributed by atoms with Crippen LogP contribution in [0, 0.1) is 0 Å². The molecule has 150 valence electrons. The first-order valence-corrected chi connectivity index (χ1v) is 10.7. The number of hydrogen-bond acceptors (Lipinski definition) is 1. The number of ether oxygens (including phenoxy) is 1. The smallest absolute Gasteiger partial charge is 0.144 e. The van der Waals surface area contributed by atoms with Crippen LogP contribution in [0.25, 0.3) is 0 Å². The zero-order chi connectivity index (χ0) is 20.7. The van der Waals surface area contributed by atoms with Gasteiger partial charge in [-0.1, -0.05) is 121 Å². The molecule has 0 aliphatic rings. The minimum absolute atomic E-state index is 0.0748. The highest BCUT2D eigenvalue weighted by Crippen LogP contribution is 2.41. The fourth-order valence-electron chi connectivity index (χ4n) is 4.10. The molecule has 1 nitrogen and oxygen atoms in total. The van der Waals surface area contributed by atoms with Gasteiger partial charge in [-0.05, 0) is 42.0 Å². The van der Waals surface area contributed by atoms with Gasteiger partial charge in [0.15, 0.2) is 0 Å². The highest BCUT2D eigenvalue weighted by Gasteiger charge is 2.38. The van der Waals surface area contributed by atoms with Gasteiger partial charge < -0.3 is 4.74 Å². The molecule has 0 saturated carbocycles. The maximum Gasteiger partial charge on any atom is 0.144 e. The molecule has 4 aromatic rings. The molecule has 0 fully saturated rings. The van der Waals surface area contributed by atoms with Crippen LogP contribution in [0.1, 0.15) is 35.6 Å². The first kappa shape index (κ1) is 20.1. The van der Waals surface area contributed by atoms with E-state index in [1.807, 2.05) is 0 Å². The van der Waals surface area contributed by atoms with Gasteiger partial charge in [0.1, 0.15) is 5.60 Å². The van der Waals surface area contributed by atoms with E-state index in [-0.39, 0.29) is 6.10 Å². The van der Waals surface area contributed by atoms with Crippen molar-refractivity contribution in [2.45, 2.75) is 31.5 Å². The molecule has 4 aromatic carbocycles. The molecule has 0 saturated heterocycles. The number of benzene rings is 4. The van der Waals surface area contributed by atoms with E-state index in [9.17, 15) is 0 Å². The van der Waals surface area contributed by atoms with Crippen molar-refractivity contribution in [1.29, 1.82) is 0 Å². The van der Waals surface area contributed by atoms with Gasteiger partial charge in [0.05, 0.1) is 6.10 Å². The van der Waals surface area contributed by atoms with Crippen LogP contribution in [0.4, 0.5) is 0 Å². The average Bonchev–Trinajstić information content (AvgIpc) is 2.83. The van der Waals surface area contributed by atoms with Crippen LogP contribution in [-0.4, -0.2) is 6.10 Å². The molecule has 0 aromatic heterocycles. The van der Waals surface area contributed by atoms with Crippen molar-refractivity contribution >= 4 is 0 Å². The first-order valence-electron chi connectivity index (χ1n) is 10.7. The van der Waals surface area contributed by atoms with E-state index in [2.05, 4.69) is 128 Å². The molecule has 0 bridgehead atoms. The van der Waals surface area contributed by atoms with E-state index < -0.39 is 5.60 Å². The third kappa shape index (κ3) is 4.37. The molecule has 0 heterocycles. The lowest BCUT2D eigenvalue weighted by Gasteiger charge is -2.38. The molecule has 0 aliphatic carbocycles. The topological polar surface area (TPSA) is 9.23 Å². The molecular weight excluding hydrogens is 364 g/mol. The third-order valence-corrected chi connectivity index (χ3v) is 5.60. The summed E-state index contributed by atoms with van der Waals surface area (Å²) < 4.78 is 7.02. The summed E-state index contributed by atoms with van der Waals surface area (Å²) in [7, 11) is 0. The van der Waals surface area contributed by atoms with Gasteiger partial charge in [0.2, 0.25) is 0 Å². The standard InChI is InChI=1S/C29H28O/c1-24(22-23-25-14-6-2-7-15-25)30-29(26-16-8-3-9-17-26,27-18-10-4-11-19-27)28-20-12-5-13-21-28/h2-21,24H,22-23H2,1H3. The second-order valence-corrected chi connectivity index (χ2v) is 7.73. The number of hydrogen-bond donors (Lipinski definition) is 0. The molecule has 0 aliphatic heterocycles. The summed E-state index contributed by atoms with van der Waals surface area (Å²) in [6.45, 7) is 2.19. The van der Waals surface area contributed by atoms with Crippen LogP contribution in [0.5, 0.6) is 0 Å². The highest BCUT2D eigenvalue weighted by molar-refractivity contribution is 5.47. The predicted molar refractivity (Wildman–Crippen MR) is 125 cm³/mol. The second kappa shape index (κ2) is 9.56. The summed E-state index contributed by atoms with van der Waals surface area (Å²) in [5, 5.41) is 0. The van der Waals surface area contributed by atoms with Crippen LogP contribution in [0.15, 0.2) is 121 Å². The van der Waals surface area contributed by atoms with E-state index in [4.69, 9.17) is 4.74 Å². The summed E-state index contributed by atoms with van der Waals surface area (Å²) in [5.74, 6) is 0. The zero-order valence-electron chi connectivity index (χ0n) is 17.4. The van der Waals surface area contributed by atoms with Crippen LogP contribution in [0.2, 0.25) is 0 Å². The Morgan fingerprint density at radius 3 is 1.33 bits per heavy atom. The van der Waals surface area contributed by atoms with Crippen LogP contribution < -0.4 is 0 Å². The van der Waals surface area contributed by atoms with Crippen molar-refractivity contribution in [3.05, 3.63) is 144 Å². The van der Waals surface area contributed by atoms with E-state index in [1.165, 1.54) is 5.56 Å². The van der Waals surface area contributed by atoms with Gasteiger partial charge in [0, 0.05) is 0 Å². The highest BCUT2D eigenvalue weighted by atomic mass is 16.5. The average molecular weight is 393 g/mol. The summed E-state index contributed by atoms with van der Waals surface area (Å²) in [6, 6.07) is 42.4. The van der Waals surface area contributed by atoms with Gasteiger partial charge in [-0.3, -0.25) is 0 Å². The number of rotatable bonds is 8. The van der Waals surface area contributed by atoms with E-state index in [1.54, 1.807) is 0 Å². The quantitative estimate of drug-likeness (QED) is 0.293. The van der Waals surface area contributed by atoms with Crippen molar-refractivity contribution in [1.82, 2.24) is 0 Å². The molecule has 0 radical (unpaired) electrons. The Morgan fingerprint density at radius 2 is 0.933 bits per heavy atom. The van der Waals surface area contributed by atoms with Crippen molar-refractivity contribution in [2.24, 2.45) is 0 Å². The van der Waals surface area contributed by atoms with Gasteiger partial charge in [-0.2, -0.15) is 0 Å². The lowest BCUT2D eigenvalue weighted by molar-refractivity contribution is -0.0416. The molecule has 1 unspecified atom stereocenters. The number of aryl methyl sites for hydroxylation is 1. The summed E-state index contributed by atoms with van der Waals surface area (Å²) in [5.41, 5.74) is 4.13. The molecule has 1 heteroatoms. The van der Waals surface area contributed by atoms with Gasteiger partial charge in [-0.15, -0.1) is 0 Å². The maximum absolute atomic E-state index is 7.02. The summed E-state index contributed by atoms with van der Waals surface area (Å²) in [4.78, 5) is 0. The van der Waals surface area contributed by atoms with Crippen molar-refractivity contribution in [3.8, 4) is 0 Å². The van der Waals surface area contributed by atoms with Gasteiger partial charge in [-0.25, -0.2) is 0 Å². The van der Waals surface area contributed by atoms with E-state index in [0.717, 1.165) is 29.5 Å². The van der Waals surface area contributed by atoms with Crippen LogP contribution in [0.3, 0.4) is 0 Å². The normalized spacial score (nSPS) is 12.4. The van der Waals surface area contributed by atoms with E-state index in [0.29, 0.717) is 0 Å². The van der Waals surface area contributed by atoms with Gasteiger partial charge in [0.25, 0.3) is 0 Å². The zero-order valence-corrected chi connectivity index (χ0v) is 17.4. The van der Waals surface area contributed by atoms with Crippen molar-refractivity contribution < 1.29 is 4.74 Å². The fraction of sp³-hybridized carbons (Fsp3) is 0.172. The molecule has 0 N–H and O–H groups in total. The largest absolute Gasteiger partial charge is 0.358 e. The fourth-order valence-corrected chi connectivity index (χ4v) is 4.10. The predicted octanol–water partition coefficient (Wildman–Crippen LogP) is 7.02. The molecule has 30 heavy (non-hydrogen) atoms. The SMILES string of the molecule is CC(CCc1ccccc1)OC(c1ccccc1)(c1ccccc1)c1ccccc1. The van der Waals surface area contributed by atoms with Crippen molar-refractivity contribution in [2.75, 3.05) is 0 Å². The first-order chi connectivity index (χ1) is 14.8. The van der Waals surface area contributed by atoms with Gasteiger partial charge >= 0.3 is 0 Å². The summed E-state index contributed by atoms with van der Waals surface area (Å²) >= 11 is 0. The minimum Gasteiger partial charge on any atom is -0.358 e. The Bertz CT molecular complexity index is 914. The Balaban J connectivity index is 1.74. The monoisotopic (exact) mass is 392 g/mol. The summed E-state index contributed by atoms with van der Waals surface area (Å²) in [6.07, 6.45) is 2.03. The maximum atomic E-state index is 7.02. The van der Waals surface area contributed by atoms with Crippen LogP contribution in [-0.2, 0) is 16.8 Å².